The molecule has 0 saturated heterocycles. The Hall–Kier alpha value is -2.76. The number of carbonyl (C=O) groups excluding carboxylic acids is 2. The summed E-state index contributed by atoms with van der Waals surface area (Å²) in [6, 6.07) is 8.78. The summed E-state index contributed by atoms with van der Waals surface area (Å²) in [4.78, 5) is 26.2. The number of H-pyrrole nitrogens is 1. The molecule has 0 aliphatic rings. The summed E-state index contributed by atoms with van der Waals surface area (Å²) in [7, 11) is 3.14. The number of Topliss-reactive ketones (excluding diaryl/α,β-unsaturated/α-hetero) is 1. The van der Waals surface area contributed by atoms with E-state index in [0.717, 1.165) is 5.56 Å². The van der Waals surface area contributed by atoms with Gasteiger partial charge in [0, 0.05) is 12.7 Å². The minimum atomic E-state index is -0.622. The predicted molar refractivity (Wildman–Crippen MR) is 81.4 cm³/mol. The lowest BCUT2D eigenvalue weighted by Gasteiger charge is -2.09. The number of benzene rings is 1. The Morgan fingerprint density at radius 1 is 1.14 bits per heavy atom. The predicted octanol–water partition coefficient (Wildman–Crippen LogP) is 1.57. The van der Waals surface area contributed by atoms with Gasteiger partial charge in [-0.05, 0) is 36.2 Å². The third-order valence-corrected chi connectivity index (χ3v) is 3.20. The average molecular weight is 302 g/mol. The molecule has 0 spiro atoms. The molecule has 22 heavy (non-hydrogen) atoms. The number of carbonyl (C=O) groups is 2. The molecular formula is C16H18N2O4. The molecule has 0 saturated carbocycles. The van der Waals surface area contributed by atoms with Crippen molar-refractivity contribution in [3.63, 3.8) is 0 Å². The van der Waals surface area contributed by atoms with Crippen LogP contribution in [0.3, 0.4) is 0 Å². The molecule has 0 fully saturated rings. The van der Waals surface area contributed by atoms with E-state index in [0.29, 0.717) is 24.5 Å². The van der Waals surface area contributed by atoms with Crippen molar-refractivity contribution in [2.75, 3.05) is 20.8 Å². The Kier molecular flexibility index (Phi) is 5.19. The highest BCUT2D eigenvalue weighted by Crippen LogP contribution is 2.27. The summed E-state index contributed by atoms with van der Waals surface area (Å²) < 4.78 is 10.4. The number of methoxy groups -OCH3 is 2. The molecule has 0 unspecified atom stereocenters. The number of rotatable bonds is 7. The van der Waals surface area contributed by atoms with E-state index in [9.17, 15) is 9.59 Å². The lowest BCUT2D eigenvalue weighted by molar-refractivity contribution is -0.117. The summed E-state index contributed by atoms with van der Waals surface area (Å²) in [6.45, 7) is 0.362. The van der Waals surface area contributed by atoms with Gasteiger partial charge in [-0.2, -0.15) is 0 Å². The van der Waals surface area contributed by atoms with Crippen molar-refractivity contribution in [3.05, 3.63) is 47.8 Å². The largest absolute Gasteiger partial charge is 0.493 e. The molecule has 2 rings (SSSR count). The zero-order valence-corrected chi connectivity index (χ0v) is 12.5. The third kappa shape index (κ3) is 3.66. The smallest absolute Gasteiger partial charge is 0.293 e. The molecule has 0 bridgehead atoms. The first kappa shape index (κ1) is 15.6. The number of ether oxygens (including phenoxy) is 2. The quantitative estimate of drug-likeness (QED) is 0.601. The first-order valence-corrected chi connectivity index (χ1v) is 6.82. The van der Waals surface area contributed by atoms with Gasteiger partial charge in [0.1, 0.15) is 0 Å². The number of aromatic nitrogens is 1. The molecule has 0 aliphatic carbocycles. The van der Waals surface area contributed by atoms with Crippen LogP contribution in [-0.4, -0.2) is 37.4 Å². The van der Waals surface area contributed by atoms with E-state index in [4.69, 9.17) is 9.47 Å². The van der Waals surface area contributed by atoms with Gasteiger partial charge in [0.15, 0.2) is 11.5 Å². The second-order valence-corrected chi connectivity index (χ2v) is 4.61. The first-order valence-electron chi connectivity index (χ1n) is 6.82. The molecule has 1 amide bonds. The number of ketones is 1. The van der Waals surface area contributed by atoms with Crippen LogP contribution in [0, 0.1) is 0 Å². The Labute approximate surface area is 128 Å². The molecule has 0 atom stereocenters. The molecular weight excluding hydrogens is 284 g/mol. The maximum atomic E-state index is 11.8. The van der Waals surface area contributed by atoms with Crippen LogP contribution in [0.15, 0.2) is 36.5 Å². The van der Waals surface area contributed by atoms with Crippen molar-refractivity contribution in [3.8, 4) is 11.5 Å². The van der Waals surface area contributed by atoms with Crippen LogP contribution in [0.2, 0.25) is 0 Å². The molecule has 6 nitrogen and oxygen atoms in total. The second kappa shape index (κ2) is 7.31. The standard InChI is InChI=1S/C16H18N2O4/c1-21-13-6-5-11(10-14(13)22-2)7-9-18-16(20)15(19)12-4-3-8-17-12/h3-6,8,10,17H,7,9H2,1-2H3,(H,18,20). The van der Waals surface area contributed by atoms with Crippen molar-refractivity contribution in [1.82, 2.24) is 10.3 Å². The Bertz CT molecular complexity index is 650. The highest BCUT2D eigenvalue weighted by molar-refractivity contribution is 6.42. The molecule has 1 aromatic carbocycles. The lowest BCUT2D eigenvalue weighted by atomic mass is 10.1. The van der Waals surface area contributed by atoms with Crippen molar-refractivity contribution in [2.24, 2.45) is 0 Å². The summed E-state index contributed by atoms with van der Waals surface area (Å²) in [5.74, 6) is 0.0891. The van der Waals surface area contributed by atoms with E-state index in [1.165, 1.54) is 0 Å². The number of hydrogen-bond donors (Lipinski definition) is 2. The summed E-state index contributed by atoms with van der Waals surface area (Å²) in [6.07, 6.45) is 2.19. The van der Waals surface area contributed by atoms with E-state index in [-0.39, 0.29) is 5.69 Å². The highest BCUT2D eigenvalue weighted by Gasteiger charge is 2.16. The average Bonchev–Trinajstić information content (AvgIpc) is 3.08. The fraction of sp³-hybridized carbons (Fsp3) is 0.250. The van der Waals surface area contributed by atoms with Crippen LogP contribution in [0.5, 0.6) is 11.5 Å². The summed E-state index contributed by atoms with van der Waals surface area (Å²) in [5.41, 5.74) is 1.26. The van der Waals surface area contributed by atoms with Gasteiger partial charge in [-0.3, -0.25) is 9.59 Å². The number of aromatic amines is 1. The van der Waals surface area contributed by atoms with E-state index < -0.39 is 11.7 Å². The van der Waals surface area contributed by atoms with Crippen molar-refractivity contribution >= 4 is 11.7 Å². The van der Waals surface area contributed by atoms with E-state index in [1.54, 1.807) is 38.6 Å². The fourth-order valence-corrected chi connectivity index (χ4v) is 2.03. The van der Waals surface area contributed by atoms with Crippen molar-refractivity contribution in [1.29, 1.82) is 0 Å². The first-order chi connectivity index (χ1) is 10.7. The number of hydrogen-bond acceptors (Lipinski definition) is 4. The Morgan fingerprint density at radius 3 is 2.55 bits per heavy atom. The zero-order valence-electron chi connectivity index (χ0n) is 12.5. The van der Waals surface area contributed by atoms with Crippen LogP contribution in [0.25, 0.3) is 0 Å². The minimum absolute atomic E-state index is 0.281. The Morgan fingerprint density at radius 2 is 1.91 bits per heavy atom. The van der Waals surface area contributed by atoms with Crippen LogP contribution in [0.1, 0.15) is 16.1 Å². The second-order valence-electron chi connectivity index (χ2n) is 4.61. The van der Waals surface area contributed by atoms with Crippen LogP contribution in [-0.2, 0) is 11.2 Å². The van der Waals surface area contributed by atoms with E-state index in [1.807, 2.05) is 12.1 Å². The van der Waals surface area contributed by atoms with Crippen molar-refractivity contribution in [2.45, 2.75) is 6.42 Å². The lowest BCUT2D eigenvalue weighted by Crippen LogP contribution is -2.32. The van der Waals surface area contributed by atoms with Gasteiger partial charge in [0.25, 0.3) is 11.7 Å². The van der Waals surface area contributed by atoms with Gasteiger partial charge in [-0.15, -0.1) is 0 Å². The molecule has 1 heterocycles. The summed E-state index contributed by atoms with van der Waals surface area (Å²) in [5, 5.41) is 2.60. The maximum absolute atomic E-state index is 11.8. The van der Waals surface area contributed by atoms with Gasteiger partial charge in [0.05, 0.1) is 19.9 Å². The molecule has 0 aliphatic heterocycles. The van der Waals surface area contributed by atoms with Crippen LogP contribution < -0.4 is 14.8 Å². The number of amides is 1. The Balaban J connectivity index is 1.88. The molecule has 2 aromatic rings. The molecule has 116 valence electrons. The van der Waals surface area contributed by atoms with Gasteiger partial charge >= 0.3 is 0 Å². The molecule has 6 heteroatoms. The molecule has 0 radical (unpaired) electrons. The fourth-order valence-electron chi connectivity index (χ4n) is 2.03. The highest BCUT2D eigenvalue weighted by atomic mass is 16.5. The van der Waals surface area contributed by atoms with Gasteiger partial charge in [-0.25, -0.2) is 0 Å². The van der Waals surface area contributed by atoms with E-state index >= 15 is 0 Å². The van der Waals surface area contributed by atoms with Gasteiger partial charge < -0.3 is 19.8 Å². The van der Waals surface area contributed by atoms with Crippen LogP contribution >= 0.6 is 0 Å². The molecule has 1 aromatic heterocycles. The third-order valence-electron chi connectivity index (χ3n) is 3.20. The maximum Gasteiger partial charge on any atom is 0.293 e. The van der Waals surface area contributed by atoms with Gasteiger partial charge in [-0.1, -0.05) is 6.07 Å². The van der Waals surface area contributed by atoms with E-state index in [2.05, 4.69) is 10.3 Å². The minimum Gasteiger partial charge on any atom is -0.493 e. The summed E-state index contributed by atoms with van der Waals surface area (Å²) >= 11 is 0. The monoisotopic (exact) mass is 302 g/mol. The van der Waals surface area contributed by atoms with Crippen LogP contribution in [0.4, 0.5) is 0 Å². The molecule has 2 N–H and O–H groups in total. The normalized spacial score (nSPS) is 10.1. The number of nitrogens with one attached hydrogen (secondary N) is 2. The SMILES string of the molecule is COc1ccc(CCNC(=O)C(=O)c2ccc[nH]2)cc1OC. The van der Waals surface area contributed by atoms with Gasteiger partial charge in [0.2, 0.25) is 0 Å². The van der Waals surface area contributed by atoms with Crippen molar-refractivity contribution < 1.29 is 19.1 Å². The topological polar surface area (TPSA) is 80.4 Å². The zero-order chi connectivity index (χ0) is 15.9.